The second kappa shape index (κ2) is 11.5. The van der Waals surface area contributed by atoms with Crippen molar-refractivity contribution < 1.29 is 30.0 Å². The number of hydrogen-bond acceptors (Lipinski definition) is 10. The lowest BCUT2D eigenvalue weighted by Gasteiger charge is -2.07. The molecule has 2 aromatic heterocycles. The van der Waals surface area contributed by atoms with Crippen molar-refractivity contribution in [3.05, 3.63) is 46.0 Å². The smallest absolute Gasteiger partial charge is 0.240 e. The summed E-state index contributed by atoms with van der Waals surface area (Å²) in [6.07, 6.45) is 4.77. The molecule has 0 aromatic carbocycles. The Labute approximate surface area is 183 Å². The summed E-state index contributed by atoms with van der Waals surface area (Å²) in [6.45, 7) is 2.42. The fraction of sp³-hybridized carbons (Fsp3) is 0.300. The van der Waals surface area contributed by atoms with Crippen LogP contribution in [0.2, 0.25) is 0 Å². The molecule has 0 aliphatic rings. The number of carbonyl (C=O) groups excluding carboxylic acids is 2. The number of aromatic nitrogens is 2. The number of amides is 2. The number of rotatable bonds is 9. The van der Waals surface area contributed by atoms with Crippen molar-refractivity contribution in [3.63, 3.8) is 0 Å². The molecule has 0 aliphatic heterocycles. The second-order valence-corrected chi connectivity index (χ2v) is 6.66. The summed E-state index contributed by atoms with van der Waals surface area (Å²) in [5, 5.41) is 46.1. The first kappa shape index (κ1) is 24.4. The highest BCUT2D eigenvalue weighted by molar-refractivity contribution is 5.89. The number of aliphatic hydroxyl groups is 2. The van der Waals surface area contributed by atoms with Crippen LogP contribution in [-0.2, 0) is 22.8 Å². The van der Waals surface area contributed by atoms with E-state index in [9.17, 15) is 30.0 Å². The molecule has 0 saturated heterocycles. The maximum atomic E-state index is 11.9. The van der Waals surface area contributed by atoms with Gasteiger partial charge >= 0.3 is 0 Å². The van der Waals surface area contributed by atoms with Crippen molar-refractivity contribution in [2.24, 2.45) is 10.2 Å². The molecule has 0 bridgehead atoms. The van der Waals surface area contributed by atoms with Gasteiger partial charge in [0.15, 0.2) is 0 Å². The Bertz CT molecular complexity index is 970. The molecule has 2 heterocycles. The average Bonchev–Trinajstić information content (AvgIpc) is 2.78. The Hall–Kier alpha value is -3.90. The van der Waals surface area contributed by atoms with Crippen molar-refractivity contribution in [3.8, 4) is 11.5 Å². The lowest BCUT2D eigenvalue weighted by Crippen LogP contribution is -2.23. The van der Waals surface area contributed by atoms with Crippen LogP contribution in [0, 0.1) is 13.8 Å². The summed E-state index contributed by atoms with van der Waals surface area (Å²) >= 11 is 0. The molecule has 0 spiro atoms. The lowest BCUT2D eigenvalue weighted by molar-refractivity contribution is -0.126. The predicted octanol–water partition coefficient (Wildman–Crippen LogP) is -0.130. The number of carbonyl (C=O) groups is 2. The van der Waals surface area contributed by atoms with Gasteiger partial charge in [0.2, 0.25) is 11.8 Å². The van der Waals surface area contributed by atoms with Crippen LogP contribution < -0.4 is 10.9 Å². The van der Waals surface area contributed by atoms with Gasteiger partial charge in [-0.3, -0.25) is 19.6 Å². The molecule has 0 radical (unpaired) electrons. The van der Waals surface area contributed by atoms with E-state index in [2.05, 4.69) is 31.0 Å². The molecule has 2 rings (SSSR count). The minimum Gasteiger partial charge on any atom is -0.505 e. The summed E-state index contributed by atoms with van der Waals surface area (Å²) in [4.78, 5) is 31.6. The summed E-state index contributed by atoms with van der Waals surface area (Å²) in [5.41, 5.74) is 6.26. The van der Waals surface area contributed by atoms with E-state index in [0.29, 0.717) is 22.5 Å². The Kier molecular flexibility index (Phi) is 8.74. The zero-order valence-corrected chi connectivity index (χ0v) is 17.5. The van der Waals surface area contributed by atoms with Gasteiger partial charge in [0.1, 0.15) is 11.5 Å². The largest absolute Gasteiger partial charge is 0.505 e. The first-order valence-electron chi connectivity index (χ1n) is 9.48. The molecule has 0 unspecified atom stereocenters. The fourth-order valence-electron chi connectivity index (χ4n) is 2.52. The molecule has 12 heteroatoms. The lowest BCUT2D eigenvalue weighted by atomic mass is 10.1. The number of aliphatic hydroxyl groups excluding tert-OH is 2. The molecule has 6 N–H and O–H groups in total. The number of aryl methyl sites for hydroxylation is 2. The van der Waals surface area contributed by atoms with Gasteiger partial charge in [0.05, 0.1) is 37.0 Å². The number of nitrogens with one attached hydrogen (secondary N) is 2. The van der Waals surface area contributed by atoms with Crippen LogP contribution in [0.15, 0.2) is 22.6 Å². The number of aromatic hydroxyl groups is 2. The Morgan fingerprint density at radius 1 is 0.844 bits per heavy atom. The molecule has 32 heavy (non-hydrogen) atoms. The Morgan fingerprint density at radius 2 is 1.22 bits per heavy atom. The second-order valence-electron chi connectivity index (χ2n) is 6.66. The van der Waals surface area contributed by atoms with Gasteiger partial charge in [-0.25, -0.2) is 10.9 Å². The van der Waals surface area contributed by atoms with Gasteiger partial charge in [-0.2, -0.15) is 10.2 Å². The quantitative estimate of drug-likeness (QED) is 0.228. The van der Waals surface area contributed by atoms with E-state index in [0.717, 1.165) is 0 Å². The van der Waals surface area contributed by atoms with Crippen molar-refractivity contribution in [1.82, 2.24) is 20.8 Å². The van der Waals surface area contributed by atoms with Crippen molar-refractivity contribution >= 4 is 24.2 Å². The monoisotopic (exact) mass is 444 g/mol. The van der Waals surface area contributed by atoms with E-state index >= 15 is 0 Å². The fourth-order valence-corrected chi connectivity index (χ4v) is 2.52. The average molecular weight is 444 g/mol. The first-order chi connectivity index (χ1) is 15.3. The minimum atomic E-state index is -0.554. The van der Waals surface area contributed by atoms with E-state index in [-0.39, 0.29) is 48.7 Å². The highest BCUT2D eigenvalue weighted by Gasteiger charge is 2.11. The topological polar surface area (TPSA) is 190 Å². The third-order valence-electron chi connectivity index (χ3n) is 4.40. The van der Waals surface area contributed by atoms with Crippen LogP contribution in [0.25, 0.3) is 0 Å². The molecule has 170 valence electrons. The summed E-state index contributed by atoms with van der Waals surface area (Å²) in [7, 11) is 0. The maximum Gasteiger partial charge on any atom is 0.240 e. The van der Waals surface area contributed by atoms with E-state index in [4.69, 9.17) is 0 Å². The molecular weight excluding hydrogens is 420 g/mol. The van der Waals surface area contributed by atoms with E-state index in [1.54, 1.807) is 13.8 Å². The molecule has 0 atom stereocenters. The molecule has 0 fully saturated rings. The minimum absolute atomic E-state index is 0.161. The third-order valence-corrected chi connectivity index (χ3v) is 4.40. The first-order valence-corrected chi connectivity index (χ1v) is 9.48. The summed E-state index contributed by atoms with van der Waals surface area (Å²) in [6, 6.07) is 0. The van der Waals surface area contributed by atoms with Gasteiger partial charge in [0, 0.05) is 47.5 Å². The van der Waals surface area contributed by atoms with Crippen LogP contribution in [0.4, 0.5) is 0 Å². The van der Waals surface area contributed by atoms with E-state index < -0.39 is 11.8 Å². The van der Waals surface area contributed by atoms with Crippen LogP contribution in [0.1, 0.15) is 46.5 Å². The van der Waals surface area contributed by atoms with Crippen LogP contribution in [0.5, 0.6) is 11.5 Å². The van der Waals surface area contributed by atoms with Gasteiger partial charge < -0.3 is 20.4 Å². The van der Waals surface area contributed by atoms with Crippen molar-refractivity contribution in [2.45, 2.75) is 39.9 Å². The highest BCUT2D eigenvalue weighted by atomic mass is 16.3. The van der Waals surface area contributed by atoms with Crippen molar-refractivity contribution in [2.75, 3.05) is 0 Å². The zero-order chi connectivity index (χ0) is 23.7. The number of nitrogens with zero attached hydrogens (tertiary/aromatic N) is 4. The molecule has 2 aromatic rings. The van der Waals surface area contributed by atoms with Gasteiger partial charge in [-0.15, -0.1) is 0 Å². The van der Waals surface area contributed by atoms with Crippen LogP contribution in [-0.4, -0.2) is 54.6 Å². The van der Waals surface area contributed by atoms with Gasteiger partial charge in [-0.05, 0) is 13.8 Å². The summed E-state index contributed by atoms with van der Waals surface area (Å²) in [5.74, 6) is -1.43. The normalized spacial score (nSPS) is 11.2. The Balaban J connectivity index is 1.86. The molecule has 0 saturated carbocycles. The maximum absolute atomic E-state index is 11.9. The van der Waals surface area contributed by atoms with E-state index in [1.165, 1.54) is 24.8 Å². The molecular formula is C20H24N6O6. The molecule has 2 amide bonds. The van der Waals surface area contributed by atoms with Crippen LogP contribution >= 0.6 is 0 Å². The molecule has 12 nitrogen and oxygen atoms in total. The van der Waals surface area contributed by atoms with E-state index in [1.807, 2.05) is 0 Å². The number of hydrazone groups is 2. The molecule has 0 aliphatic carbocycles. The Morgan fingerprint density at radius 3 is 1.56 bits per heavy atom. The number of pyridine rings is 2. The van der Waals surface area contributed by atoms with Crippen LogP contribution in [0.3, 0.4) is 0 Å². The standard InChI is InChI=1S/C20H24N6O6/c1-11-19(31)15(13(9-27)5-21-11)7-23-25-17(29)3-4-18(30)26-24-8-16-14(10-28)6-22-12(2)20(16)32/h5-8,27-28,31-32H,3-4,9-10H2,1-2H3,(H,25,29)(H,26,30)/b23-7+,24-8+. The highest BCUT2D eigenvalue weighted by Crippen LogP contribution is 2.22. The number of hydrogen-bond donors (Lipinski definition) is 6. The SMILES string of the molecule is Cc1ncc(CO)c(/C=N/NC(=O)CCC(=O)N/N=C/c2c(CO)cnc(C)c2O)c1O. The van der Waals surface area contributed by atoms with Gasteiger partial charge in [-0.1, -0.05) is 0 Å². The summed E-state index contributed by atoms with van der Waals surface area (Å²) < 4.78 is 0. The van der Waals surface area contributed by atoms with Crippen molar-refractivity contribution in [1.29, 1.82) is 0 Å². The predicted molar refractivity (Wildman–Crippen MR) is 114 cm³/mol. The van der Waals surface area contributed by atoms with Gasteiger partial charge in [0.25, 0.3) is 0 Å². The third kappa shape index (κ3) is 6.30. The zero-order valence-electron chi connectivity index (χ0n) is 17.5.